The molecule has 0 bridgehead atoms. The summed E-state index contributed by atoms with van der Waals surface area (Å²) in [7, 11) is 2.98. The van der Waals surface area contributed by atoms with E-state index in [2.05, 4.69) is 0 Å². The summed E-state index contributed by atoms with van der Waals surface area (Å²) in [6.45, 7) is 0.164. The molecule has 2 N–H and O–H groups in total. The van der Waals surface area contributed by atoms with E-state index in [0.717, 1.165) is 0 Å². The van der Waals surface area contributed by atoms with Crippen LogP contribution in [0.3, 0.4) is 0 Å². The van der Waals surface area contributed by atoms with Gasteiger partial charge in [0.25, 0.3) is 0 Å². The topological polar surface area (TPSA) is 68.2 Å². The van der Waals surface area contributed by atoms with E-state index >= 15 is 0 Å². The second-order valence-corrected chi connectivity index (χ2v) is 3.02. The molecule has 1 rings (SSSR count). The van der Waals surface area contributed by atoms with Crippen molar-refractivity contribution in [3.63, 3.8) is 0 Å². The monoisotopic (exact) mass is 192 g/mol. The van der Waals surface area contributed by atoms with Gasteiger partial charge in [-0.15, -0.1) is 0 Å². The Morgan fingerprint density at radius 3 is 2.62 bits per heavy atom. The lowest BCUT2D eigenvalue weighted by atomic mass is 10.1. The molecule has 0 amide bonds. The van der Waals surface area contributed by atoms with Crippen molar-refractivity contribution in [1.29, 1.82) is 0 Å². The molecule has 1 aliphatic heterocycles. The van der Waals surface area contributed by atoms with Gasteiger partial charge in [0.15, 0.2) is 0 Å². The van der Waals surface area contributed by atoms with Crippen LogP contribution in [0.25, 0.3) is 0 Å². The van der Waals surface area contributed by atoms with Crippen LogP contribution >= 0.6 is 0 Å². The highest BCUT2D eigenvalue weighted by atomic mass is 16.6. The van der Waals surface area contributed by atoms with Crippen molar-refractivity contribution in [1.82, 2.24) is 0 Å². The lowest BCUT2D eigenvalue weighted by Crippen LogP contribution is -2.41. The number of ether oxygens (including phenoxy) is 3. The van der Waals surface area contributed by atoms with Gasteiger partial charge in [-0.1, -0.05) is 0 Å². The maximum absolute atomic E-state index is 9.64. The largest absolute Gasteiger partial charge is 0.394 e. The summed E-state index contributed by atoms with van der Waals surface area (Å²) in [5.41, 5.74) is 0. The first-order valence-corrected chi connectivity index (χ1v) is 4.20. The summed E-state index contributed by atoms with van der Waals surface area (Å²) in [6, 6.07) is 0. The smallest absolute Gasteiger partial charge is 0.114 e. The molecule has 5 nitrogen and oxygen atoms in total. The van der Waals surface area contributed by atoms with Gasteiger partial charge in [-0.25, -0.2) is 0 Å². The Labute approximate surface area is 77.2 Å². The predicted octanol–water partition coefficient (Wildman–Crippen LogP) is -1.23. The number of aliphatic hydroxyl groups excluding tert-OH is 2. The van der Waals surface area contributed by atoms with E-state index in [-0.39, 0.29) is 12.7 Å². The van der Waals surface area contributed by atoms with E-state index in [9.17, 15) is 5.11 Å². The van der Waals surface area contributed by atoms with Gasteiger partial charge in [-0.05, 0) is 0 Å². The van der Waals surface area contributed by atoms with Crippen LogP contribution in [0.15, 0.2) is 0 Å². The molecule has 0 saturated carbocycles. The SMILES string of the molecule is CO[C@@H](CO)[C@@H]1OC[C@@H](OC)[C@H]1O. The first-order chi connectivity index (χ1) is 6.24. The minimum Gasteiger partial charge on any atom is -0.394 e. The molecule has 1 fully saturated rings. The fourth-order valence-corrected chi connectivity index (χ4v) is 1.46. The lowest BCUT2D eigenvalue weighted by molar-refractivity contribution is -0.0867. The molecule has 1 saturated heterocycles. The number of methoxy groups -OCH3 is 2. The molecule has 0 aromatic heterocycles. The van der Waals surface area contributed by atoms with Gasteiger partial charge >= 0.3 is 0 Å². The zero-order valence-corrected chi connectivity index (χ0v) is 7.84. The van der Waals surface area contributed by atoms with Crippen molar-refractivity contribution in [2.75, 3.05) is 27.4 Å². The summed E-state index contributed by atoms with van der Waals surface area (Å²) < 4.78 is 15.2. The second kappa shape index (κ2) is 4.88. The third-order valence-electron chi connectivity index (χ3n) is 2.32. The molecule has 0 unspecified atom stereocenters. The number of rotatable bonds is 4. The van der Waals surface area contributed by atoms with Crippen LogP contribution in [-0.4, -0.2) is 62.1 Å². The second-order valence-electron chi connectivity index (χ2n) is 3.02. The quantitative estimate of drug-likeness (QED) is 0.583. The van der Waals surface area contributed by atoms with Crippen molar-refractivity contribution in [3.05, 3.63) is 0 Å². The van der Waals surface area contributed by atoms with E-state index in [1.54, 1.807) is 0 Å². The average molecular weight is 192 g/mol. The summed E-state index contributed by atoms with van der Waals surface area (Å²) in [6.07, 6.45) is -2.05. The molecule has 5 heteroatoms. The fraction of sp³-hybridized carbons (Fsp3) is 1.00. The third kappa shape index (κ3) is 2.18. The number of hydrogen-bond acceptors (Lipinski definition) is 5. The fourth-order valence-electron chi connectivity index (χ4n) is 1.46. The molecule has 13 heavy (non-hydrogen) atoms. The Hall–Kier alpha value is -0.200. The van der Waals surface area contributed by atoms with Crippen LogP contribution in [0.4, 0.5) is 0 Å². The van der Waals surface area contributed by atoms with Gasteiger partial charge in [0.2, 0.25) is 0 Å². The molecule has 0 spiro atoms. The summed E-state index contributed by atoms with van der Waals surface area (Å²) >= 11 is 0. The van der Waals surface area contributed by atoms with E-state index in [1.165, 1.54) is 14.2 Å². The van der Waals surface area contributed by atoms with Crippen molar-refractivity contribution < 1.29 is 24.4 Å². The Kier molecular flexibility index (Phi) is 4.08. The van der Waals surface area contributed by atoms with Crippen LogP contribution in [0.1, 0.15) is 0 Å². The summed E-state index contributed by atoms with van der Waals surface area (Å²) in [5, 5.41) is 18.5. The highest BCUT2D eigenvalue weighted by molar-refractivity contribution is 4.89. The molecule has 78 valence electrons. The summed E-state index contributed by atoms with van der Waals surface area (Å²) in [5.74, 6) is 0. The molecular formula is C8H16O5. The van der Waals surface area contributed by atoms with Gasteiger partial charge in [-0.3, -0.25) is 0 Å². The van der Waals surface area contributed by atoms with Crippen LogP contribution in [0.2, 0.25) is 0 Å². The van der Waals surface area contributed by atoms with Crippen LogP contribution in [0, 0.1) is 0 Å². The molecule has 0 aromatic carbocycles. The molecule has 4 atom stereocenters. The molecule has 1 heterocycles. The van der Waals surface area contributed by atoms with Gasteiger partial charge in [0.05, 0.1) is 13.2 Å². The first-order valence-electron chi connectivity index (χ1n) is 4.20. The minimum absolute atomic E-state index is 0.172. The zero-order chi connectivity index (χ0) is 9.84. The predicted molar refractivity (Wildman–Crippen MR) is 44.4 cm³/mol. The molecule has 0 aliphatic carbocycles. The third-order valence-corrected chi connectivity index (χ3v) is 2.32. The molecule has 1 aliphatic rings. The molecule has 0 radical (unpaired) electrons. The van der Waals surface area contributed by atoms with E-state index in [4.69, 9.17) is 19.3 Å². The lowest BCUT2D eigenvalue weighted by Gasteiger charge is -2.22. The standard InChI is InChI=1S/C8H16O5/c1-11-5(3-9)8-7(10)6(12-2)4-13-8/h5-10H,3-4H2,1-2H3/t5-,6+,7+,8-/m0/s1. The van der Waals surface area contributed by atoms with E-state index in [1.807, 2.05) is 0 Å². The highest BCUT2D eigenvalue weighted by Gasteiger charge is 2.40. The maximum atomic E-state index is 9.64. The minimum atomic E-state index is -0.734. The van der Waals surface area contributed by atoms with Crippen LogP contribution < -0.4 is 0 Å². The van der Waals surface area contributed by atoms with Crippen molar-refractivity contribution in [2.24, 2.45) is 0 Å². The number of aliphatic hydroxyl groups is 2. The van der Waals surface area contributed by atoms with Crippen LogP contribution in [-0.2, 0) is 14.2 Å². The Bertz CT molecular complexity index is 147. The zero-order valence-electron chi connectivity index (χ0n) is 7.84. The molecule has 0 aromatic rings. The van der Waals surface area contributed by atoms with Crippen molar-refractivity contribution in [3.8, 4) is 0 Å². The molecular weight excluding hydrogens is 176 g/mol. The Morgan fingerprint density at radius 1 is 1.54 bits per heavy atom. The van der Waals surface area contributed by atoms with E-state index in [0.29, 0.717) is 6.61 Å². The van der Waals surface area contributed by atoms with Gasteiger partial charge in [0.1, 0.15) is 24.4 Å². The Morgan fingerprint density at radius 2 is 2.23 bits per heavy atom. The summed E-state index contributed by atoms with van der Waals surface area (Å²) in [4.78, 5) is 0. The van der Waals surface area contributed by atoms with Crippen molar-refractivity contribution >= 4 is 0 Å². The number of hydrogen-bond donors (Lipinski definition) is 2. The maximum Gasteiger partial charge on any atom is 0.114 e. The van der Waals surface area contributed by atoms with Crippen molar-refractivity contribution in [2.45, 2.75) is 24.4 Å². The van der Waals surface area contributed by atoms with Gasteiger partial charge < -0.3 is 24.4 Å². The Balaban J connectivity index is 2.52. The highest BCUT2D eigenvalue weighted by Crippen LogP contribution is 2.20. The average Bonchev–Trinajstić information content (AvgIpc) is 2.50. The van der Waals surface area contributed by atoms with Gasteiger partial charge in [0, 0.05) is 14.2 Å². The van der Waals surface area contributed by atoms with Crippen LogP contribution in [0.5, 0.6) is 0 Å². The normalized spacial score (nSPS) is 36.5. The first kappa shape index (κ1) is 10.9. The van der Waals surface area contributed by atoms with Gasteiger partial charge in [-0.2, -0.15) is 0 Å². The van der Waals surface area contributed by atoms with E-state index < -0.39 is 18.3 Å².